The lowest BCUT2D eigenvalue weighted by molar-refractivity contribution is -0.141. The Hall–Kier alpha value is -1.14. The number of nitrogens with one attached hydrogen (secondary N) is 1. The van der Waals surface area contributed by atoms with E-state index < -0.39 is 5.54 Å². The monoisotopic (exact) mass is 311 g/mol. The fraction of sp³-hybridized carbons (Fsp3) is 0.875. The molecule has 1 heterocycles. The molecule has 2 rings (SSSR count). The van der Waals surface area contributed by atoms with E-state index >= 15 is 0 Å². The van der Waals surface area contributed by atoms with Crippen LogP contribution in [0.4, 0.5) is 0 Å². The van der Waals surface area contributed by atoms with Gasteiger partial charge in [0.1, 0.15) is 0 Å². The molecule has 0 atom stereocenters. The maximum absolute atomic E-state index is 12.6. The Morgan fingerprint density at radius 2 is 1.86 bits per heavy atom. The van der Waals surface area contributed by atoms with Crippen LogP contribution in [0.25, 0.3) is 0 Å². The van der Waals surface area contributed by atoms with Gasteiger partial charge in [-0.1, -0.05) is 19.3 Å². The average Bonchev–Trinajstić information content (AvgIpc) is 2.55. The Balaban J connectivity index is 1.72. The summed E-state index contributed by atoms with van der Waals surface area (Å²) >= 11 is 0. The SMILES string of the molecule is CNC(=O)CCOC1CCN(C(=O)C2(N)CCCCC2)CC1. The molecule has 6 nitrogen and oxygen atoms in total. The number of rotatable bonds is 5. The van der Waals surface area contributed by atoms with E-state index in [1.165, 1.54) is 6.42 Å². The van der Waals surface area contributed by atoms with Crippen molar-refractivity contribution in [1.29, 1.82) is 0 Å². The predicted molar refractivity (Wildman–Crippen MR) is 84.2 cm³/mol. The minimum absolute atomic E-state index is 0.00464. The second-order valence-corrected chi connectivity index (χ2v) is 6.50. The summed E-state index contributed by atoms with van der Waals surface area (Å²) in [5.41, 5.74) is 5.70. The van der Waals surface area contributed by atoms with Crippen LogP contribution in [0, 0.1) is 0 Å². The van der Waals surface area contributed by atoms with Gasteiger partial charge in [0.15, 0.2) is 0 Å². The third-order valence-electron chi connectivity index (χ3n) is 4.86. The molecule has 1 saturated carbocycles. The van der Waals surface area contributed by atoms with Crippen molar-refractivity contribution >= 4 is 11.8 Å². The molecule has 3 N–H and O–H groups in total. The molecule has 0 spiro atoms. The highest BCUT2D eigenvalue weighted by Gasteiger charge is 2.39. The lowest BCUT2D eigenvalue weighted by Gasteiger charge is -2.39. The number of hydrogen-bond donors (Lipinski definition) is 2. The number of hydrogen-bond acceptors (Lipinski definition) is 4. The van der Waals surface area contributed by atoms with Gasteiger partial charge in [0, 0.05) is 26.6 Å². The number of carbonyl (C=O) groups excluding carboxylic acids is 2. The molecule has 126 valence electrons. The minimum atomic E-state index is -0.634. The second kappa shape index (κ2) is 7.92. The van der Waals surface area contributed by atoms with E-state index in [-0.39, 0.29) is 17.9 Å². The first-order valence-corrected chi connectivity index (χ1v) is 8.45. The van der Waals surface area contributed by atoms with Gasteiger partial charge in [-0.3, -0.25) is 9.59 Å². The van der Waals surface area contributed by atoms with Crippen LogP contribution in [0.2, 0.25) is 0 Å². The van der Waals surface area contributed by atoms with Crippen molar-refractivity contribution in [3.63, 3.8) is 0 Å². The third kappa shape index (κ3) is 4.43. The van der Waals surface area contributed by atoms with E-state index in [1.54, 1.807) is 7.05 Å². The highest BCUT2D eigenvalue weighted by molar-refractivity contribution is 5.86. The number of carbonyl (C=O) groups is 2. The van der Waals surface area contributed by atoms with Crippen LogP contribution in [0.15, 0.2) is 0 Å². The Labute approximate surface area is 132 Å². The van der Waals surface area contributed by atoms with E-state index in [1.807, 2.05) is 4.90 Å². The molecular weight excluding hydrogens is 282 g/mol. The van der Waals surface area contributed by atoms with Crippen LogP contribution >= 0.6 is 0 Å². The van der Waals surface area contributed by atoms with Crippen LogP contribution in [0.3, 0.4) is 0 Å². The lowest BCUT2D eigenvalue weighted by atomic mass is 9.81. The Kier molecular flexibility index (Phi) is 6.20. The zero-order valence-corrected chi connectivity index (χ0v) is 13.6. The zero-order chi connectivity index (χ0) is 16.0. The molecule has 2 aliphatic rings. The predicted octanol–water partition coefficient (Wildman–Crippen LogP) is 0.792. The van der Waals surface area contributed by atoms with Crippen molar-refractivity contribution in [2.75, 3.05) is 26.7 Å². The molecule has 0 aromatic carbocycles. The molecule has 6 heteroatoms. The maximum atomic E-state index is 12.6. The number of ether oxygens (including phenoxy) is 1. The van der Waals surface area contributed by atoms with Crippen molar-refractivity contribution in [1.82, 2.24) is 10.2 Å². The fourth-order valence-electron chi connectivity index (χ4n) is 3.38. The first kappa shape index (κ1) is 17.2. The van der Waals surface area contributed by atoms with Crippen molar-refractivity contribution in [3.05, 3.63) is 0 Å². The number of amides is 2. The van der Waals surface area contributed by atoms with Gasteiger partial charge in [-0.05, 0) is 25.7 Å². The molecule has 0 aromatic heterocycles. The van der Waals surface area contributed by atoms with Crippen molar-refractivity contribution in [3.8, 4) is 0 Å². The van der Waals surface area contributed by atoms with E-state index in [2.05, 4.69) is 5.32 Å². The second-order valence-electron chi connectivity index (χ2n) is 6.50. The van der Waals surface area contributed by atoms with Crippen LogP contribution in [-0.2, 0) is 14.3 Å². The van der Waals surface area contributed by atoms with E-state index in [4.69, 9.17) is 10.5 Å². The summed E-state index contributed by atoms with van der Waals surface area (Å²) in [7, 11) is 1.63. The van der Waals surface area contributed by atoms with Gasteiger partial charge < -0.3 is 20.7 Å². The maximum Gasteiger partial charge on any atom is 0.242 e. The number of nitrogens with zero attached hydrogens (tertiary/aromatic N) is 1. The smallest absolute Gasteiger partial charge is 0.242 e. The highest BCUT2D eigenvalue weighted by atomic mass is 16.5. The van der Waals surface area contributed by atoms with Crippen LogP contribution in [-0.4, -0.2) is 55.1 Å². The summed E-state index contributed by atoms with van der Waals surface area (Å²) in [6.07, 6.45) is 7.12. The first-order valence-electron chi connectivity index (χ1n) is 8.45. The van der Waals surface area contributed by atoms with E-state index in [0.717, 1.165) is 38.5 Å². The Morgan fingerprint density at radius 3 is 2.45 bits per heavy atom. The van der Waals surface area contributed by atoms with E-state index in [9.17, 15) is 9.59 Å². The third-order valence-corrected chi connectivity index (χ3v) is 4.86. The van der Waals surface area contributed by atoms with Gasteiger partial charge in [-0.15, -0.1) is 0 Å². The Morgan fingerprint density at radius 1 is 1.23 bits per heavy atom. The van der Waals surface area contributed by atoms with Gasteiger partial charge in [-0.25, -0.2) is 0 Å². The average molecular weight is 311 g/mol. The number of nitrogens with two attached hydrogens (primary N) is 1. The zero-order valence-electron chi connectivity index (χ0n) is 13.6. The summed E-state index contributed by atoms with van der Waals surface area (Å²) in [6, 6.07) is 0. The van der Waals surface area contributed by atoms with Gasteiger partial charge >= 0.3 is 0 Å². The van der Waals surface area contributed by atoms with Gasteiger partial charge in [0.2, 0.25) is 11.8 Å². The standard InChI is InChI=1S/C16H29N3O3/c1-18-14(20)7-12-22-13-5-10-19(11-6-13)15(21)16(17)8-3-2-4-9-16/h13H,2-12,17H2,1H3,(H,18,20). The quantitative estimate of drug-likeness (QED) is 0.786. The van der Waals surface area contributed by atoms with Crippen LogP contribution in [0.5, 0.6) is 0 Å². The molecular formula is C16H29N3O3. The lowest BCUT2D eigenvalue weighted by Crippen LogP contribution is -2.58. The topological polar surface area (TPSA) is 84.7 Å². The van der Waals surface area contributed by atoms with Gasteiger partial charge in [0.05, 0.1) is 18.2 Å². The first-order chi connectivity index (χ1) is 10.5. The van der Waals surface area contributed by atoms with Crippen LogP contribution < -0.4 is 11.1 Å². The summed E-state index contributed by atoms with van der Waals surface area (Å²) in [5.74, 6) is 0.117. The molecule has 0 bridgehead atoms. The molecule has 1 aliphatic heterocycles. The molecule has 0 unspecified atom stereocenters. The fourth-order valence-corrected chi connectivity index (χ4v) is 3.38. The van der Waals surface area contributed by atoms with Crippen molar-refractivity contribution in [2.24, 2.45) is 5.73 Å². The Bertz CT molecular complexity index is 386. The number of piperidine rings is 1. The molecule has 1 aliphatic carbocycles. The molecule has 0 radical (unpaired) electrons. The minimum Gasteiger partial charge on any atom is -0.378 e. The molecule has 22 heavy (non-hydrogen) atoms. The summed E-state index contributed by atoms with van der Waals surface area (Å²) < 4.78 is 5.72. The molecule has 1 saturated heterocycles. The summed E-state index contributed by atoms with van der Waals surface area (Å²) in [6.45, 7) is 1.87. The molecule has 0 aromatic rings. The van der Waals surface area contributed by atoms with Gasteiger partial charge in [0.25, 0.3) is 0 Å². The van der Waals surface area contributed by atoms with Crippen LogP contribution in [0.1, 0.15) is 51.4 Å². The van der Waals surface area contributed by atoms with E-state index in [0.29, 0.717) is 26.1 Å². The number of likely N-dealkylation sites (tertiary alicyclic amines) is 1. The van der Waals surface area contributed by atoms with Crippen molar-refractivity contribution < 1.29 is 14.3 Å². The molecule has 2 fully saturated rings. The summed E-state index contributed by atoms with van der Waals surface area (Å²) in [4.78, 5) is 25.7. The molecule has 2 amide bonds. The van der Waals surface area contributed by atoms with Crippen molar-refractivity contribution in [2.45, 2.75) is 63.0 Å². The summed E-state index contributed by atoms with van der Waals surface area (Å²) in [5, 5.41) is 2.58. The largest absolute Gasteiger partial charge is 0.378 e. The highest BCUT2D eigenvalue weighted by Crippen LogP contribution is 2.29. The van der Waals surface area contributed by atoms with Gasteiger partial charge in [-0.2, -0.15) is 0 Å². The normalized spacial score (nSPS) is 22.4.